The van der Waals surface area contributed by atoms with Crippen molar-refractivity contribution in [3.8, 4) is 11.3 Å². The number of nitrogens with zero attached hydrogens (tertiary/aromatic N) is 1. The van der Waals surface area contributed by atoms with E-state index >= 15 is 0 Å². The first-order valence-electron chi connectivity index (χ1n) is 8.47. The van der Waals surface area contributed by atoms with Gasteiger partial charge in [0.1, 0.15) is 11.1 Å². The van der Waals surface area contributed by atoms with E-state index in [2.05, 4.69) is 0 Å². The van der Waals surface area contributed by atoms with Crippen LogP contribution in [0, 0.1) is 0 Å². The largest absolute Gasteiger partial charge is 0.505 e. The third-order valence-electron chi connectivity index (χ3n) is 5.08. The molecular formula is C20H17NO5. The molecule has 4 rings (SSSR count). The summed E-state index contributed by atoms with van der Waals surface area (Å²) in [4.78, 5) is 36.2. The van der Waals surface area contributed by atoms with Gasteiger partial charge in [0, 0.05) is 12.1 Å². The maximum Gasteiger partial charge on any atom is 0.303 e. The quantitative estimate of drug-likeness (QED) is 0.808. The molecule has 0 atom stereocenters. The molecule has 1 saturated carbocycles. The van der Waals surface area contributed by atoms with Crippen LogP contribution in [0.1, 0.15) is 31.4 Å². The van der Waals surface area contributed by atoms with Crippen LogP contribution < -0.4 is 0 Å². The van der Waals surface area contributed by atoms with E-state index in [9.17, 15) is 19.5 Å². The van der Waals surface area contributed by atoms with Gasteiger partial charge in [0.25, 0.3) is 0 Å². The number of carboxylic acid groups (broad SMARTS) is 1. The van der Waals surface area contributed by atoms with Crippen LogP contribution in [-0.4, -0.2) is 32.3 Å². The number of hydrogen-bond donors (Lipinski definition) is 2. The van der Waals surface area contributed by atoms with Gasteiger partial charge >= 0.3 is 5.97 Å². The van der Waals surface area contributed by atoms with Gasteiger partial charge in [-0.2, -0.15) is 0 Å². The molecule has 0 radical (unpaired) electrons. The molecule has 2 aliphatic rings. The van der Waals surface area contributed by atoms with Crippen molar-refractivity contribution in [3.05, 3.63) is 53.7 Å². The van der Waals surface area contributed by atoms with Crippen LogP contribution in [0.5, 0.6) is 0 Å². The molecule has 2 N–H and O–H groups in total. The second kappa shape index (κ2) is 5.69. The van der Waals surface area contributed by atoms with Gasteiger partial charge < -0.3 is 14.8 Å². The highest BCUT2D eigenvalue weighted by Gasteiger charge is 2.58. The highest BCUT2D eigenvalue weighted by Crippen LogP contribution is 2.53. The molecule has 1 aliphatic carbocycles. The van der Waals surface area contributed by atoms with E-state index in [0.29, 0.717) is 18.5 Å². The predicted octanol–water partition coefficient (Wildman–Crippen LogP) is 2.93. The van der Waals surface area contributed by atoms with Gasteiger partial charge in [-0.15, -0.1) is 0 Å². The van der Waals surface area contributed by atoms with Crippen LogP contribution in [0.2, 0.25) is 0 Å². The van der Waals surface area contributed by atoms with Crippen LogP contribution >= 0.6 is 0 Å². The second-order valence-electron chi connectivity index (χ2n) is 6.71. The lowest BCUT2D eigenvalue weighted by Gasteiger charge is -2.28. The number of aromatic nitrogens is 1. The molecule has 0 saturated heterocycles. The average molecular weight is 351 g/mol. The van der Waals surface area contributed by atoms with Gasteiger partial charge in [-0.3, -0.25) is 14.4 Å². The van der Waals surface area contributed by atoms with Crippen LogP contribution in [0.25, 0.3) is 17.0 Å². The molecule has 1 fully saturated rings. The Kier molecular flexibility index (Phi) is 3.57. The predicted molar refractivity (Wildman–Crippen MR) is 93.5 cm³/mol. The Hall–Kier alpha value is -3.15. The highest BCUT2D eigenvalue weighted by molar-refractivity contribution is 6.28. The smallest absolute Gasteiger partial charge is 0.303 e. The topological polar surface area (TPSA) is 96.6 Å². The zero-order valence-corrected chi connectivity index (χ0v) is 13.9. The molecule has 1 aliphatic heterocycles. The molecule has 1 aromatic heterocycles. The maximum absolute atomic E-state index is 13.0. The number of benzene rings is 1. The number of fused-ring (bicyclic) bond motifs is 2. The summed E-state index contributed by atoms with van der Waals surface area (Å²) in [6.45, 7) is 0. The van der Waals surface area contributed by atoms with Gasteiger partial charge in [0.05, 0.1) is 12.1 Å². The number of Topliss-reactive ketones (excluding diaryl/α,β-unsaturated/α-hetero) is 2. The van der Waals surface area contributed by atoms with Gasteiger partial charge in [-0.25, -0.2) is 0 Å². The number of ketones is 2. The zero-order chi connectivity index (χ0) is 18.5. The molecule has 1 spiro atoms. The van der Waals surface area contributed by atoms with Crippen LogP contribution in [0.3, 0.4) is 0 Å². The van der Waals surface area contributed by atoms with E-state index in [4.69, 9.17) is 5.11 Å². The molecule has 6 nitrogen and oxygen atoms in total. The fourth-order valence-electron chi connectivity index (χ4n) is 3.66. The highest BCUT2D eigenvalue weighted by atomic mass is 16.4. The summed E-state index contributed by atoms with van der Waals surface area (Å²) in [5.74, 6) is -2.50. The zero-order valence-electron chi connectivity index (χ0n) is 13.9. The molecule has 1 aromatic carbocycles. The number of carbonyl (C=O) groups is 3. The Morgan fingerprint density at radius 3 is 2.27 bits per heavy atom. The van der Waals surface area contributed by atoms with Crippen molar-refractivity contribution in [2.45, 2.75) is 31.2 Å². The number of allylic oxidation sites excluding steroid dienone is 1. The fourth-order valence-corrected chi connectivity index (χ4v) is 3.66. The Bertz CT molecular complexity index is 963. The van der Waals surface area contributed by atoms with E-state index in [-0.39, 0.29) is 24.2 Å². The first-order valence-corrected chi connectivity index (χ1v) is 8.47. The van der Waals surface area contributed by atoms with Crippen molar-refractivity contribution in [1.29, 1.82) is 0 Å². The lowest BCUT2D eigenvalue weighted by Crippen LogP contribution is -2.37. The lowest BCUT2D eigenvalue weighted by atomic mass is 9.90. The summed E-state index contributed by atoms with van der Waals surface area (Å²) < 4.78 is 1.83. The minimum atomic E-state index is -1.11. The maximum atomic E-state index is 13.0. The number of aliphatic hydroxyl groups excluding tert-OH is 1. The summed E-state index contributed by atoms with van der Waals surface area (Å²) >= 11 is 0. The third kappa shape index (κ3) is 2.29. The van der Waals surface area contributed by atoms with Crippen molar-refractivity contribution in [2.24, 2.45) is 0 Å². The fraction of sp³-hybridized carbons (Fsp3) is 0.250. The minimum absolute atomic E-state index is 0.256. The van der Waals surface area contributed by atoms with Gasteiger partial charge in [0.15, 0.2) is 17.3 Å². The normalized spacial score (nSPS) is 17.3. The average Bonchev–Trinajstić information content (AvgIpc) is 3.30. The first kappa shape index (κ1) is 16.3. The van der Waals surface area contributed by atoms with Gasteiger partial charge in [-0.05, 0) is 30.5 Å². The standard InChI is InChI=1S/C20H17NO5/c22-15(8-9-16(23)24)17-18(25)14-7-6-13(12-4-2-1-3-5-12)21(14)20(10-11-20)19(17)26/h1-7,25H,8-11H2,(H,23,24). The minimum Gasteiger partial charge on any atom is -0.505 e. The summed E-state index contributed by atoms with van der Waals surface area (Å²) in [5, 5.41) is 19.4. The van der Waals surface area contributed by atoms with Crippen molar-refractivity contribution >= 4 is 23.3 Å². The van der Waals surface area contributed by atoms with E-state index < -0.39 is 23.1 Å². The number of aliphatic carboxylic acids is 1. The van der Waals surface area contributed by atoms with Crippen LogP contribution in [0.4, 0.5) is 0 Å². The van der Waals surface area contributed by atoms with Crippen LogP contribution in [0.15, 0.2) is 48.0 Å². The number of rotatable bonds is 5. The van der Waals surface area contributed by atoms with Crippen molar-refractivity contribution in [2.75, 3.05) is 0 Å². The van der Waals surface area contributed by atoms with Crippen molar-refractivity contribution in [1.82, 2.24) is 4.57 Å². The first-order chi connectivity index (χ1) is 12.5. The molecule has 2 aromatic rings. The molecule has 2 heterocycles. The van der Waals surface area contributed by atoms with Gasteiger partial charge in [0.2, 0.25) is 0 Å². The Morgan fingerprint density at radius 1 is 1.00 bits per heavy atom. The summed E-state index contributed by atoms with van der Waals surface area (Å²) in [5.41, 5.74) is 1.07. The summed E-state index contributed by atoms with van der Waals surface area (Å²) in [6.07, 6.45) is 0.516. The second-order valence-corrected chi connectivity index (χ2v) is 6.71. The van der Waals surface area contributed by atoms with E-state index in [1.807, 2.05) is 41.0 Å². The molecular weight excluding hydrogens is 334 g/mol. The molecule has 26 heavy (non-hydrogen) atoms. The third-order valence-corrected chi connectivity index (χ3v) is 5.08. The number of carboxylic acids is 1. The van der Waals surface area contributed by atoms with E-state index in [1.54, 1.807) is 6.07 Å². The van der Waals surface area contributed by atoms with Crippen molar-refractivity contribution in [3.63, 3.8) is 0 Å². The number of hydrogen-bond acceptors (Lipinski definition) is 4. The Labute approximate surface area is 149 Å². The molecule has 0 bridgehead atoms. The molecule has 0 amide bonds. The number of carbonyl (C=O) groups excluding carboxylic acids is 2. The van der Waals surface area contributed by atoms with Crippen molar-refractivity contribution < 1.29 is 24.6 Å². The van der Waals surface area contributed by atoms with E-state index in [1.165, 1.54) is 0 Å². The summed E-state index contributed by atoms with van der Waals surface area (Å²) in [6, 6.07) is 13.1. The molecule has 6 heteroatoms. The lowest BCUT2D eigenvalue weighted by molar-refractivity contribution is -0.138. The summed E-state index contributed by atoms with van der Waals surface area (Å²) in [7, 11) is 0. The Morgan fingerprint density at radius 2 is 1.65 bits per heavy atom. The van der Waals surface area contributed by atoms with Crippen LogP contribution in [-0.2, 0) is 19.9 Å². The van der Waals surface area contributed by atoms with Gasteiger partial charge in [-0.1, -0.05) is 30.3 Å². The molecule has 132 valence electrons. The number of aliphatic hydroxyl groups is 1. The molecule has 0 unspecified atom stereocenters. The Balaban J connectivity index is 1.83. The SMILES string of the molecule is O=C(O)CCC(=O)C1=C(O)c2ccc(-c3ccccc3)n2C2(CC2)C1=O. The monoisotopic (exact) mass is 351 g/mol. The van der Waals surface area contributed by atoms with E-state index in [0.717, 1.165) is 11.3 Å².